The van der Waals surface area contributed by atoms with E-state index in [1.54, 1.807) is 13.8 Å². The van der Waals surface area contributed by atoms with Crippen molar-refractivity contribution >= 4 is 6.09 Å². The van der Waals surface area contributed by atoms with Gasteiger partial charge in [-0.05, 0) is 37.5 Å². The molecule has 1 fully saturated rings. The molecule has 1 atom stereocenters. The number of alkyl carbamates (subject to hydrolysis) is 1. The average Bonchev–Trinajstić information content (AvgIpc) is 2.68. The maximum Gasteiger partial charge on any atom is 0.434 e. The molecule has 2 rings (SSSR count). The maximum atomic E-state index is 13.3. The van der Waals surface area contributed by atoms with Crippen LogP contribution in [0.3, 0.4) is 0 Å². The Morgan fingerprint density at radius 3 is 2.11 bits per heavy atom. The highest BCUT2D eigenvalue weighted by atomic mass is 19.4. The van der Waals surface area contributed by atoms with E-state index in [2.05, 4.69) is 10.1 Å². The summed E-state index contributed by atoms with van der Waals surface area (Å²) in [6, 6.07) is 2.85. The molecule has 1 saturated heterocycles. The van der Waals surface area contributed by atoms with Crippen molar-refractivity contribution in [1.82, 2.24) is 5.32 Å². The lowest BCUT2D eigenvalue weighted by Gasteiger charge is -2.30. The SMILES string of the molecule is Cc1cc(C2(C(F)(F)F)CNC(=O)O2)cc(C)c1C. The van der Waals surface area contributed by atoms with Crippen LogP contribution in [-0.2, 0) is 10.3 Å². The standard InChI is InChI=1S/C13H14F3NO2/c1-7-4-10(5-8(2)9(7)3)12(13(14,15)16)6-17-11(18)19-12/h4-5H,6H2,1-3H3,(H,17,18). The van der Waals surface area contributed by atoms with E-state index in [1.165, 1.54) is 12.1 Å². The van der Waals surface area contributed by atoms with Crippen LogP contribution in [0.4, 0.5) is 18.0 Å². The fourth-order valence-corrected chi connectivity index (χ4v) is 2.18. The molecule has 1 aromatic rings. The second-order valence-electron chi connectivity index (χ2n) is 4.80. The number of alkyl halides is 3. The molecule has 0 aromatic heterocycles. The molecule has 1 N–H and O–H groups in total. The van der Waals surface area contributed by atoms with Gasteiger partial charge in [0.1, 0.15) is 0 Å². The molecule has 0 radical (unpaired) electrons. The van der Waals surface area contributed by atoms with Crippen molar-refractivity contribution < 1.29 is 22.7 Å². The van der Waals surface area contributed by atoms with Crippen LogP contribution >= 0.6 is 0 Å². The number of hydrogen-bond donors (Lipinski definition) is 1. The van der Waals surface area contributed by atoms with Crippen LogP contribution in [0.1, 0.15) is 22.3 Å². The van der Waals surface area contributed by atoms with Crippen molar-refractivity contribution in [2.45, 2.75) is 32.5 Å². The van der Waals surface area contributed by atoms with Gasteiger partial charge in [0.2, 0.25) is 0 Å². The maximum absolute atomic E-state index is 13.3. The number of halogens is 3. The van der Waals surface area contributed by atoms with Gasteiger partial charge in [-0.25, -0.2) is 4.79 Å². The van der Waals surface area contributed by atoms with Crippen molar-refractivity contribution in [1.29, 1.82) is 0 Å². The summed E-state index contributed by atoms with van der Waals surface area (Å²) in [7, 11) is 0. The van der Waals surface area contributed by atoms with E-state index >= 15 is 0 Å². The smallest absolute Gasteiger partial charge is 0.426 e. The van der Waals surface area contributed by atoms with Gasteiger partial charge in [-0.2, -0.15) is 13.2 Å². The number of hydrogen-bond acceptors (Lipinski definition) is 2. The summed E-state index contributed by atoms with van der Waals surface area (Å²) in [5, 5.41) is 2.09. The first-order valence-electron chi connectivity index (χ1n) is 5.79. The van der Waals surface area contributed by atoms with Crippen LogP contribution in [0.25, 0.3) is 0 Å². The first-order chi connectivity index (χ1) is 8.67. The highest BCUT2D eigenvalue weighted by Gasteiger charge is 2.62. The molecule has 0 spiro atoms. The monoisotopic (exact) mass is 273 g/mol. The number of cyclic esters (lactones) is 1. The van der Waals surface area contributed by atoms with Crippen LogP contribution in [0.2, 0.25) is 0 Å². The Bertz CT molecular complexity index is 516. The number of ether oxygens (including phenoxy) is 1. The number of benzene rings is 1. The summed E-state index contributed by atoms with van der Waals surface area (Å²) in [5.74, 6) is 0. The summed E-state index contributed by atoms with van der Waals surface area (Å²) in [6.07, 6.45) is -5.71. The van der Waals surface area contributed by atoms with E-state index in [0.717, 1.165) is 16.7 Å². The zero-order valence-corrected chi connectivity index (χ0v) is 10.8. The van der Waals surface area contributed by atoms with Crippen LogP contribution in [0.15, 0.2) is 12.1 Å². The Hall–Kier alpha value is -1.72. The third-order valence-corrected chi connectivity index (χ3v) is 3.60. The van der Waals surface area contributed by atoms with Gasteiger partial charge in [0.05, 0.1) is 6.54 Å². The van der Waals surface area contributed by atoms with E-state index in [1.807, 2.05) is 6.92 Å². The largest absolute Gasteiger partial charge is 0.434 e. The van der Waals surface area contributed by atoms with Crippen molar-refractivity contribution in [2.75, 3.05) is 6.54 Å². The molecule has 1 aromatic carbocycles. The van der Waals surface area contributed by atoms with Crippen LogP contribution in [0, 0.1) is 20.8 Å². The Morgan fingerprint density at radius 2 is 1.74 bits per heavy atom. The molecule has 104 valence electrons. The lowest BCUT2D eigenvalue weighted by molar-refractivity contribution is -0.250. The molecular weight excluding hydrogens is 259 g/mol. The van der Waals surface area contributed by atoms with E-state index in [-0.39, 0.29) is 5.56 Å². The minimum atomic E-state index is -4.67. The van der Waals surface area contributed by atoms with E-state index in [9.17, 15) is 18.0 Å². The number of nitrogens with one attached hydrogen (secondary N) is 1. The molecule has 1 aliphatic rings. The topological polar surface area (TPSA) is 38.3 Å². The lowest BCUT2D eigenvalue weighted by atomic mass is 9.88. The molecule has 1 amide bonds. The van der Waals surface area contributed by atoms with Gasteiger partial charge in [0, 0.05) is 5.56 Å². The lowest BCUT2D eigenvalue weighted by Crippen LogP contribution is -2.45. The van der Waals surface area contributed by atoms with Gasteiger partial charge >= 0.3 is 12.3 Å². The summed E-state index contributed by atoms with van der Waals surface area (Å²) < 4.78 is 44.5. The van der Waals surface area contributed by atoms with E-state index in [0.29, 0.717) is 0 Å². The number of amides is 1. The second-order valence-corrected chi connectivity index (χ2v) is 4.80. The number of rotatable bonds is 1. The molecule has 1 heterocycles. The molecule has 0 bridgehead atoms. The van der Waals surface area contributed by atoms with E-state index < -0.39 is 24.4 Å². The molecule has 1 unspecified atom stereocenters. The van der Waals surface area contributed by atoms with Crippen molar-refractivity contribution in [3.05, 3.63) is 34.4 Å². The quantitative estimate of drug-likeness (QED) is 0.853. The first-order valence-corrected chi connectivity index (χ1v) is 5.79. The molecule has 6 heteroatoms. The Morgan fingerprint density at radius 1 is 1.21 bits per heavy atom. The highest BCUT2D eigenvalue weighted by molar-refractivity contribution is 5.71. The van der Waals surface area contributed by atoms with Gasteiger partial charge in [0.25, 0.3) is 5.60 Å². The molecule has 0 aliphatic carbocycles. The summed E-state index contributed by atoms with van der Waals surface area (Å²) in [4.78, 5) is 11.1. The van der Waals surface area contributed by atoms with Crippen molar-refractivity contribution in [2.24, 2.45) is 0 Å². The second kappa shape index (κ2) is 4.15. The Balaban J connectivity index is 2.61. The van der Waals surface area contributed by atoms with Gasteiger partial charge in [-0.3, -0.25) is 0 Å². The number of aryl methyl sites for hydroxylation is 2. The summed E-state index contributed by atoms with van der Waals surface area (Å²) >= 11 is 0. The minimum absolute atomic E-state index is 0.0426. The first kappa shape index (κ1) is 13.7. The van der Waals surface area contributed by atoms with Crippen LogP contribution in [0.5, 0.6) is 0 Å². The Kier molecular flexibility index (Phi) is 2.99. The Labute approximate surface area is 108 Å². The molecule has 0 saturated carbocycles. The molecule has 1 aliphatic heterocycles. The highest BCUT2D eigenvalue weighted by Crippen LogP contribution is 2.44. The third-order valence-electron chi connectivity index (χ3n) is 3.60. The predicted molar refractivity (Wildman–Crippen MR) is 62.9 cm³/mol. The van der Waals surface area contributed by atoms with Gasteiger partial charge in [0.15, 0.2) is 0 Å². The van der Waals surface area contributed by atoms with Crippen LogP contribution in [-0.4, -0.2) is 18.8 Å². The van der Waals surface area contributed by atoms with Crippen molar-refractivity contribution in [3.63, 3.8) is 0 Å². The third kappa shape index (κ3) is 2.05. The van der Waals surface area contributed by atoms with Gasteiger partial charge < -0.3 is 10.1 Å². The average molecular weight is 273 g/mol. The van der Waals surface area contributed by atoms with Crippen molar-refractivity contribution in [3.8, 4) is 0 Å². The number of carbonyl (C=O) groups is 1. The zero-order chi connectivity index (χ0) is 14.4. The zero-order valence-electron chi connectivity index (χ0n) is 10.8. The van der Waals surface area contributed by atoms with Gasteiger partial charge in [-0.1, -0.05) is 12.1 Å². The predicted octanol–water partition coefficient (Wildman–Crippen LogP) is 3.11. The normalized spacial score (nSPS) is 23.2. The molecule has 3 nitrogen and oxygen atoms in total. The molecule has 19 heavy (non-hydrogen) atoms. The number of carbonyl (C=O) groups excluding carboxylic acids is 1. The fraction of sp³-hybridized carbons (Fsp3) is 0.462. The molecular formula is C13H14F3NO2. The van der Waals surface area contributed by atoms with Crippen LogP contribution < -0.4 is 5.32 Å². The summed E-state index contributed by atoms with van der Waals surface area (Å²) in [6.45, 7) is 4.71. The fourth-order valence-electron chi connectivity index (χ4n) is 2.18. The van der Waals surface area contributed by atoms with Gasteiger partial charge in [-0.15, -0.1) is 0 Å². The van der Waals surface area contributed by atoms with E-state index in [4.69, 9.17) is 0 Å². The summed E-state index contributed by atoms with van der Waals surface area (Å²) in [5.41, 5.74) is -0.228. The minimum Gasteiger partial charge on any atom is -0.426 e.